The molecule has 0 fully saturated rings. The van der Waals surface area contributed by atoms with Crippen LogP contribution < -0.4 is 10.1 Å². The van der Waals surface area contributed by atoms with E-state index < -0.39 is 12.6 Å². The highest BCUT2D eigenvalue weighted by Crippen LogP contribution is 2.18. The second-order valence-electron chi connectivity index (χ2n) is 6.74. The van der Waals surface area contributed by atoms with E-state index in [0.717, 1.165) is 11.3 Å². The number of hydrogen-bond acceptors (Lipinski definition) is 4. The SMILES string of the molecule is Cc1c(C(=O)NCc2cccc(OCC(=O)O)c2)cnn1C(C)(C)C. The largest absolute Gasteiger partial charge is 0.482 e. The van der Waals surface area contributed by atoms with E-state index >= 15 is 0 Å². The van der Waals surface area contributed by atoms with Crippen molar-refractivity contribution in [2.24, 2.45) is 0 Å². The summed E-state index contributed by atoms with van der Waals surface area (Å²) in [5, 5.41) is 15.8. The predicted octanol–water partition coefficient (Wildman–Crippen LogP) is 2.34. The first kappa shape index (κ1) is 18.5. The molecule has 7 heteroatoms. The summed E-state index contributed by atoms with van der Waals surface area (Å²) in [6.07, 6.45) is 1.57. The maximum Gasteiger partial charge on any atom is 0.341 e. The predicted molar refractivity (Wildman–Crippen MR) is 92.7 cm³/mol. The molecule has 7 nitrogen and oxygen atoms in total. The number of aliphatic carboxylic acids is 1. The van der Waals surface area contributed by atoms with E-state index in [9.17, 15) is 9.59 Å². The highest BCUT2D eigenvalue weighted by atomic mass is 16.5. The molecule has 0 saturated carbocycles. The molecule has 134 valence electrons. The summed E-state index contributed by atoms with van der Waals surface area (Å²) < 4.78 is 6.96. The topological polar surface area (TPSA) is 93.4 Å². The molecule has 1 amide bonds. The van der Waals surface area contributed by atoms with E-state index in [0.29, 0.717) is 17.9 Å². The molecule has 25 heavy (non-hydrogen) atoms. The van der Waals surface area contributed by atoms with Gasteiger partial charge in [-0.3, -0.25) is 9.48 Å². The smallest absolute Gasteiger partial charge is 0.341 e. The molecule has 1 aromatic heterocycles. The van der Waals surface area contributed by atoms with Gasteiger partial charge in [0.2, 0.25) is 0 Å². The van der Waals surface area contributed by atoms with Crippen LogP contribution >= 0.6 is 0 Å². The zero-order valence-corrected chi connectivity index (χ0v) is 14.9. The van der Waals surface area contributed by atoms with Crippen LogP contribution in [0.15, 0.2) is 30.5 Å². The Morgan fingerprint density at radius 2 is 2.04 bits per heavy atom. The Kier molecular flexibility index (Phi) is 5.46. The number of carboxylic acid groups (broad SMARTS) is 1. The average Bonchev–Trinajstić information content (AvgIpc) is 2.93. The minimum Gasteiger partial charge on any atom is -0.482 e. The van der Waals surface area contributed by atoms with Crippen molar-refractivity contribution in [2.45, 2.75) is 39.8 Å². The standard InChI is InChI=1S/C18H23N3O4/c1-12-15(10-20-21(12)18(2,3)4)17(24)19-9-13-6-5-7-14(8-13)25-11-16(22)23/h5-8,10H,9,11H2,1-4H3,(H,19,24)(H,22,23). The number of benzene rings is 1. The fourth-order valence-electron chi connectivity index (χ4n) is 2.48. The van der Waals surface area contributed by atoms with Crippen LogP contribution in [0.3, 0.4) is 0 Å². The molecule has 1 aromatic carbocycles. The minimum atomic E-state index is -1.04. The van der Waals surface area contributed by atoms with E-state index in [1.165, 1.54) is 0 Å². The average molecular weight is 345 g/mol. The van der Waals surface area contributed by atoms with Gasteiger partial charge in [0, 0.05) is 12.2 Å². The van der Waals surface area contributed by atoms with E-state index in [4.69, 9.17) is 9.84 Å². The molecule has 0 atom stereocenters. The van der Waals surface area contributed by atoms with Crippen LogP contribution in [-0.4, -0.2) is 33.4 Å². The second-order valence-corrected chi connectivity index (χ2v) is 6.74. The van der Waals surface area contributed by atoms with Crippen molar-refractivity contribution in [3.8, 4) is 5.75 Å². The highest BCUT2D eigenvalue weighted by Gasteiger charge is 2.21. The van der Waals surface area contributed by atoms with Gasteiger partial charge in [0.25, 0.3) is 5.91 Å². The maximum absolute atomic E-state index is 12.4. The van der Waals surface area contributed by atoms with Gasteiger partial charge < -0.3 is 15.2 Å². The molecule has 2 N–H and O–H groups in total. The minimum absolute atomic E-state index is 0.196. The molecule has 0 bridgehead atoms. The van der Waals surface area contributed by atoms with E-state index in [1.807, 2.05) is 38.4 Å². The van der Waals surface area contributed by atoms with Crippen molar-refractivity contribution >= 4 is 11.9 Å². The number of rotatable bonds is 6. The molecule has 1 heterocycles. The fraction of sp³-hybridized carbons (Fsp3) is 0.389. The number of nitrogens with zero attached hydrogens (tertiary/aromatic N) is 2. The van der Waals surface area contributed by atoms with Crippen molar-refractivity contribution in [1.29, 1.82) is 0 Å². The Bertz CT molecular complexity index is 775. The fourth-order valence-corrected chi connectivity index (χ4v) is 2.48. The van der Waals surface area contributed by atoms with Crippen LogP contribution in [0.5, 0.6) is 5.75 Å². The van der Waals surface area contributed by atoms with Crippen LogP contribution in [0.4, 0.5) is 0 Å². The molecule has 0 radical (unpaired) electrons. The van der Waals surface area contributed by atoms with Crippen molar-refractivity contribution in [3.63, 3.8) is 0 Å². The van der Waals surface area contributed by atoms with Gasteiger partial charge in [-0.1, -0.05) is 12.1 Å². The van der Waals surface area contributed by atoms with Gasteiger partial charge in [-0.25, -0.2) is 4.79 Å². The summed E-state index contributed by atoms with van der Waals surface area (Å²) in [6, 6.07) is 6.96. The molecule has 0 aliphatic rings. The number of carboxylic acids is 1. The number of nitrogens with one attached hydrogen (secondary N) is 1. The van der Waals surface area contributed by atoms with Crippen molar-refractivity contribution < 1.29 is 19.4 Å². The highest BCUT2D eigenvalue weighted by molar-refractivity contribution is 5.95. The molecule has 0 saturated heterocycles. The Morgan fingerprint density at radius 1 is 1.32 bits per heavy atom. The Labute approximate surface area is 146 Å². The first-order valence-corrected chi connectivity index (χ1v) is 7.95. The summed E-state index contributed by atoms with van der Waals surface area (Å²) in [5.41, 5.74) is 1.96. The lowest BCUT2D eigenvalue weighted by Crippen LogP contribution is -2.26. The molecule has 0 spiro atoms. The third-order valence-electron chi connectivity index (χ3n) is 3.60. The molecule has 2 aromatic rings. The van der Waals surface area contributed by atoms with Crippen molar-refractivity contribution in [1.82, 2.24) is 15.1 Å². The summed E-state index contributed by atoms with van der Waals surface area (Å²) in [5.74, 6) is -0.791. The number of aromatic nitrogens is 2. The van der Waals surface area contributed by atoms with Gasteiger partial charge in [0.1, 0.15) is 5.75 Å². The molecule has 0 unspecified atom stereocenters. The van der Waals surface area contributed by atoms with E-state index in [1.54, 1.807) is 24.4 Å². The van der Waals surface area contributed by atoms with Crippen LogP contribution in [0.1, 0.15) is 42.4 Å². The quantitative estimate of drug-likeness (QED) is 0.838. The monoisotopic (exact) mass is 345 g/mol. The van der Waals surface area contributed by atoms with Gasteiger partial charge in [0.05, 0.1) is 17.3 Å². The van der Waals surface area contributed by atoms with Crippen molar-refractivity contribution in [2.75, 3.05) is 6.61 Å². The normalized spacial score (nSPS) is 11.2. The molecular weight excluding hydrogens is 322 g/mol. The molecule has 0 aliphatic heterocycles. The number of carbonyl (C=O) groups is 2. The Morgan fingerprint density at radius 3 is 2.64 bits per heavy atom. The molecular formula is C18H23N3O4. The zero-order chi connectivity index (χ0) is 18.6. The molecule has 2 rings (SSSR count). The van der Waals surface area contributed by atoms with Gasteiger partial charge in [-0.05, 0) is 45.4 Å². The lowest BCUT2D eigenvalue weighted by molar-refractivity contribution is -0.139. The van der Waals surface area contributed by atoms with Crippen LogP contribution in [0.2, 0.25) is 0 Å². The van der Waals surface area contributed by atoms with Gasteiger partial charge in [0.15, 0.2) is 6.61 Å². The first-order chi connectivity index (χ1) is 11.7. The number of amides is 1. The van der Waals surface area contributed by atoms with Gasteiger partial charge in [-0.15, -0.1) is 0 Å². The van der Waals surface area contributed by atoms with Gasteiger partial charge >= 0.3 is 5.97 Å². The summed E-state index contributed by atoms with van der Waals surface area (Å²) in [4.78, 5) is 22.9. The summed E-state index contributed by atoms with van der Waals surface area (Å²) in [7, 11) is 0. The lowest BCUT2D eigenvalue weighted by atomic mass is 10.1. The van der Waals surface area contributed by atoms with Crippen LogP contribution in [0.25, 0.3) is 0 Å². The zero-order valence-electron chi connectivity index (χ0n) is 14.9. The van der Waals surface area contributed by atoms with E-state index in [2.05, 4.69) is 10.4 Å². The van der Waals surface area contributed by atoms with E-state index in [-0.39, 0.29) is 11.4 Å². The third kappa shape index (κ3) is 4.82. The summed E-state index contributed by atoms with van der Waals surface area (Å²) in [6.45, 7) is 7.85. The number of carbonyl (C=O) groups excluding carboxylic acids is 1. The third-order valence-corrected chi connectivity index (χ3v) is 3.60. The van der Waals surface area contributed by atoms with Crippen molar-refractivity contribution in [3.05, 3.63) is 47.3 Å². The lowest BCUT2D eigenvalue weighted by Gasteiger charge is -2.21. The van der Waals surface area contributed by atoms with Crippen LogP contribution in [-0.2, 0) is 16.9 Å². The maximum atomic E-state index is 12.4. The Hall–Kier alpha value is -2.83. The van der Waals surface area contributed by atoms with Gasteiger partial charge in [-0.2, -0.15) is 5.10 Å². The Balaban J connectivity index is 2.02. The number of ether oxygens (including phenoxy) is 1. The first-order valence-electron chi connectivity index (χ1n) is 7.95. The second kappa shape index (κ2) is 7.38. The molecule has 0 aliphatic carbocycles. The van der Waals surface area contributed by atoms with Crippen LogP contribution in [0, 0.1) is 6.92 Å². The number of hydrogen-bond donors (Lipinski definition) is 2. The summed E-state index contributed by atoms with van der Waals surface area (Å²) >= 11 is 0.